The molecular formula is C14H18FN5O. The van der Waals surface area contributed by atoms with E-state index in [2.05, 4.69) is 25.5 Å². The smallest absolute Gasteiger partial charge is 0.222 e. The van der Waals surface area contributed by atoms with E-state index in [0.29, 0.717) is 23.8 Å². The average molecular weight is 291 g/mol. The van der Waals surface area contributed by atoms with Crippen molar-refractivity contribution in [1.82, 2.24) is 20.2 Å². The fraction of sp³-hybridized carbons (Fsp3) is 0.571. The van der Waals surface area contributed by atoms with Gasteiger partial charge in [0, 0.05) is 18.9 Å². The molecule has 0 saturated heterocycles. The molecule has 2 aromatic rings. The Bertz CT molecular complexity index is 585. The van der Waals surface area contributed by atoms with E-state index in [9.17, 15) is 4.39 Å². The standard InChI is InChI=1S/C14H18FN5O/c1-2-12-19-20-13(21-12)6-9-3-4-11(5-9)18-14-16-7-10(15)8-17-14/h7-9,11H,2-6H2,1H3,(H,16,17,18)/t9-,11+/m1/s1. The lowest BCUT2D eigenvalue weighted by atomic mass is 10.0. The van der Waals surface area contributed by atoms with Crippen LogP contribution in [0.4, 0.5) is 10.3 Å². The molecule has 1 fully saturated rings. The molecule has 2 aromatic heterocycles. The first kappa shape index (κ1) is 13.9. The fourth-order valence-electron chi connectivity index (χ4n) is 2.72. The summed E-state index contributed by atoms with van der Waals surface area (Å²) in [5.41, 5.74) is 0. The summed E-state index contributed by atoms with van der Waals surface area (Å²) >= 11 is 0. The predicted molar refractivity (Wildman–Crippen MR) is 74.1 cm³/mol. The monoisotopic (exact) mass is 291 g/mol. The minimum atomic E-state index is -0.423. The summed E-state index contributed by atoms with van der Waals surface area (Å²) in [7, 11) is 0. The largest absolute Gasteiger partial charge is 0.425 e. The van der Waals surface area contributed by atoms with E-state index < -0.39 is 5.82 Å². The van der Waals surface area contributed by atoms with Crippen LogP contribution in [0, 0.1) is 11.7 Å². The molecule has 21 heavy (non-hydrogen) atoms. The molecule has 7 heteroatoms. The van der Waals surface area contributed by atoms with Gasteiger partial charge >= 0.3 is 0 Å². The van der Waals surface area contributed by atoms with Crippen LogP contribution >= 0.6 is 0 Å². The van der Waals surface area contributed by atoms with Gasteiger partial charge in [-0.3, -0.25) is 0 Å². The van der Waals surface area contributed by atoms with Gasteiger partial charge in [0.1, 0.15) is 0 Å². The van der Waals surface area contributed by atoms with Crippen molar-refractivity contribution in [3.63, 3.8) is 0 Å². The molecule has 0 amide bonds. The van der Waals surface area contributed by atoms with E-state index in [1.165, 1.54) is 12.4 Å². The topological polar surface area (TPSA) is 76.7 Å². The van der Waals surface area contributed by atoms with Gasteiger partial charge in [-0.1, -0.05) is 6.92 Å². The Morgan fingerprint density at radius 1 is 1.24 bits per heavy atom. The third-order valence-electron chi connectivity index (χ3n) is 3.77. The Kier molecular flexibility index (Phi) is 4.08. The molecule has 1 saturated carbocycles. The van der Waals surface area contributed by atoms with Crippen molar-refractivity contribution < 1.29 is 8.81 Å². The number of halogens is 1. The molecule has 2 atom stereocenters. The second kappa shape index (κ2) is 6.15. The summed E-state index contributed by atoms with van der Waals surface area (Å²) in [5, 5.41) is 11.3. The van der Waals surface area contributed by atoms with E-state index in [-0.39, 0.29) is 0 Å². The summed E-state index contributed by atoms with van der Waals surface area (Å²) in [6, 6.07) is 0.314. The van der Waals surface area contributed by atoms with Crippen LogP contribution in [-0.2, 0) is 12.8 Å². The minimum absolute atomic E-state index is 0.314. The van der Waals surface area contributed by atoms with Crippen molar-refractivity contribution in [2.75, 3.05) is 5.32 Å². The maximum absolute atomic E-state index is 12.8. The Hall–Kier alpha value is -2.05. The molecule has 6 nitrogen and oxygen atoms in total. The van der Waals surface area contributed by atoms with Gasteiger partial charge in [-0.05, 0) is 25.2 Å². The average Bonchev–Trinajstić information content (AvgIpc) is 3.11. The Morgan fingerprint density at radius 3 is 2.71 bits per heavy atom. The zero-order chi connectivity index (χ0) is 14.7. The molecule has 1 N–H and O–H groups in total. The van der Waals surface area contributed by atoms with Gasteiger partial charge in [0.2, 0.25) is 17.7 Å². The highest BCUT2D eigenvalue weighted by atomic mass is 19.1. The highest BCUT2D eigenvalue weighted by molar-refractivity contribution is 5.25. The van der Waals surface area contributed by atoms with Crippen LogP contribution in [-0.4, -0.2) is 26.2 Å². The Labute approximate surface area is 122 Å². The number of hydrogen-bond acceptors (Lipinski definition) is 6. The van der Waals surface area contributed by atoms with Gasteiger partial charge in [-0.25, -0.2) is 14.4 Å². The van der Waals surface area contributed by atoms with Gasteiger partial charge in [0.25, 0.3) is 0 Å². The number of nitrogens with one attached hydrogen (secondary N) is 1. The summed E-state index contributed by atoms with van der Waals surface area (Å²) in [4.78, 5) is 7.85. The Morgan fingerprint density at radius 2 is 2.00 bits per heavy atom. The van der Waals surface area contributed by atoms with Gasteiger partial charge in [-0.2, -0.15) is 0 Å². The van der Waals surface area contributed by atoms with Crippen molar-refractivity contribution in [2.24, 2.45) is 5.92 Å². The first-order valence-electron chi connectivity index (χ1n) is 7.28. The molecule has 1 aliphatic carbocycles. The number of aromatic nitrogens is 4. The van der Waals surface area contributed by atoms with Crippen LogP contribution in [0.15, 0.2) is 16.8 Å². The fourth-order valence-corrected chi connectivity index (χ4v) is 2.72. The summed E-state index contributed by atoms with van der Waals surface area (Å²) in [6.45, 7) is 2.00. The second-order valence-corrected chi connectivity index (χ2v) is 5.39. The molecular weight excluding hydrogens is 273 g/mol. The molecule has 0 bridgehead atoms. The highest BCUT2D eigenvalue weighted by Gasteiger charge is 2.26. The van der Waals surface area contributed by atoms with Crippen LogP contribution in [0.2, 0.25) is 0 Å². The molecule has 0 aromatic carbocycles. The molecule has 3 rings (SSSR count). The van der Waals surface area contributed by atoms with E-state index in [1.54, 1.807) is 0 Å². The first-order chi connectivity index (χ1) is 10.2. The maximum Gasteiger partial charge on any atom is 0.222 e. The van der Waals surface area contributed by atoms with E-state index in [0.717, 1.165) is 38.0 Å². The van der Waals surface area contributed by atoms with Crippen molar-refractivity contribution in [1.29, 1.82) is 0 Å². The van der Waals surface area contributed by atoms with Crippen molar-refractivity contribution >= 4 is 5.95 Å². The van der Waals surface area contributed by atoms with Crippen molar-refractivity contribution in [3.8, 4) is 0 Å². The van der Waals surface area contributed by atoms with Gasteiger partial charge < -0.3 is 9.73 Å². The lowest BCUT2D eigenvalue weighted by Gasteiger charge is -2.12. The predicted octanol–water partition coefficient (Wildman–Crippen LogP) is 2.38. The number of hydrogen-bond donors (Lipinski definition) is 1. The highest BCUT2D eigenvalue weighted by Crippen LogP contribution is 2.29. The molecule has 2 heterocycles. The maximum atomic E-state index is 12.8. The summed E-state index contributed by atoms with van der Waals surface area (Å²) in [6.07, 6.45) is 7.08. The molecule has 0 aliphatic heterocycles. The quantitative estimate of drug-likeness (QED) is 0.911. The summed E-state index contributed by atoms with van der Waals surface area (Å²) < 4.78 is 18.3. The zero-order valence-electron chi connectivity index (χ0n) is 11.9. The number of nitrogens with zero attached hydrogens (tertiary/aromatic N) is 4. The zero-order valence-corrected chi connectivity index (χ0v) is 11.9. The molecule has 0 radical (unpaired) electrons. The third-order valence-corrected chi connectivity index (χ3v) is 3.77. The summed E-state index contributed by atoms with van der Waals surface area (Å²) in [5.74, 6) is 1.99. The van der Waals surface area contributed by atoms with Crippen molar-refractivity contribution in [3.05, 3.63) is 30.0 Å². The van der Waals surface area contributed by atoms with Crippen LogP contribution in [0.5, 0.6) is 0 Å². The van der Waals surface area contributed by atoms with Crippen LogP contribution in [0.3, 0.4) is 0 Å². The van der Waals surface area contributed by atoms with Gasteiger partial charge in [0.05, 0.1) is 12.4 Å². The number of anilines is 1. The lowest BCUT2D eigenvalue weighted by molar-refractivity contribution is 0.409. The van der Waals surface area contributed by atoms with E-state index >= 15 is 0 Å². The van der Waals surface area contributed by atoms with Crippen LogP contribution in [0.25, 0.3) is 0 Å². The Balaban J connectivity index is 1.52. The van der Waals surface area contributed by atoms with E-state index in [4.69, 9.17) is 4.42 Å². The van der Waals surface area contributed by atoms with Gasteiger partial charge in [0.15, 0.2) is 5.82 Å². The third kappa shape index (κ3) is 3.53. The molecule has 0 spiro atoms. The van der Waals surface area contributed by atoms with Gasteiger partial charge in [-0.15, -0.1) is 10.2 Å². The van der Waals surface area contributed by atoms with Crippen LogP contribution < -0.4 is 5.32 Å². The molecule has 1 aliphatic rings. The molecule has 0 unspecified atom stereocenters. The number of aryl methyl sites for hydroxylation is 1. The van der Waals surface area contributed by atoms with E-state index in [1.807, 2.05) is 6.92 Å². The first-order valence-corrected chi connectivity index (χ1v) is 7.28. The van der Waals surface area contributed by atoms with Crippen LogP contribution in [0.1, 0.15) is 38.0 Å². The molecule has 112 valence electrons. The SMILES string of the molecule is CCc1nnc(C[C@@H]2CC[C@H](Nc3ncc(F)cn3)C2)o1. The minimum Gasteiger partial charge on any atom is -0.425 e. The number of rotatable bonds is 5. The normalized spacial score (nSPS) is 21.6. The lowest BCUT2D eigenvalue weighted by Crippen LogP contribution is -2.17. The second-order valence-electron chi connectivity index (χ2n) is 5.39. The van der Waals surface area contributed by atoms with Crippen molar-refractivity contribution in [2.45, 2.75) is 45.1 Å².